The summed E-state index contributed by atoms with van der Waals surface area (Å²) in [4.78, 5) is 10.7. The van der Waals surface area contributed by atoms with E-state index in [-0.39, 0.29) is 0 Å². The van der Waals surface area contributed by atoms with E-state index in [2.05, 4.69) is 13.0 Å². The van der Waals surface area contributed by atoms with Gasteiger partial charge in [0, 0.05) is 5.56 Å². The lowest BCUT2D eigenvalue weighted by Gasteiger charge is -2.13. The zero-order valence-corrected chi connectivity index (χ0v) is 13.1. The molecule has 0 bridgehead atoms. The van der Waals surface area contributed by atoms with Crippen molar-refractivity contribution in [3.05, 3.63) is 53.1 Å². The van der Waals surface area contributed by atoms with Crippen molar-refractivity contribution in [2.24, 2.45) is 0 Å². The maximum atomic E-state index is 10.7. The smallest absolute Gasteiger partial charge is 0.161 e. The van der Waals surface area contributed by atoms with E-state index in [1.807, 2.05) is 19.1 Å². The minimum absolute atomic E-state index is 0.393. The van der Waals surface area contributed by atoms with Crippen LogP contribution in [-0.2, 0) is 0 Å². The predicted octanol–water partition coefficient (Wildman–Crippen LogP) is 3.58. The number of carbonyl (C=O) groups is 1. The minimum atomic E-state index is 0.393. The molecule has 2 rings (SSSR count). The van der Waals surface area contributed by atoms with Crippen molar-refractivity contribution in [2.45, 2.75) is 13.8 Å². The van der Waals surface area contributed by atoms with E-state index < -0.39 is 0 Å². The number of aryl methyl sites for hydroxylation is 2. The summed E-state index contributed by atoms with van der Waals surface area (Å²) in [5.74, 6) is 1.99. The van der Waals surface area contributed by atoms with Gasteiger partial charge in [0.1, 0.15) is 25.2 Å². The molecule has 4 heteroatoms. The van der Waals surface area contributed by atoms with E-state index in [9.17, 15) is 4.79 Å². The molecule has 0 atom stereocenters. The lowest BCUT2D eigenvalue weighted by atomic mass is 10.1. The van der Waals surface area contributed by atoms with Gasteiger partial charge in [0.25, 0.3) is 0 Å². The second-order valence-corrected chi connectivity index (χ2v) is 4.99. The van der Waals surface area contributed by atoms with Crippen LogP contribution in [0, 0.1) is 13.8 Å². The van der Waals surface area contributed by atoms with E-state index in [0.717, 1.165) is 17.6 Å². The molecule has 0 N–H and O–H groups in total. The molecule has 0 fully saturated rings. The van der Waals surface area contributed by atoms with Crippen LogP contribution >= 0.6 is 0 Å². The van der Waals surface area contributed by atoms with Crippen molar-refractivity contribution < 1.29 is 19.0 Å². The highest BCUT2D eigenvalue weighted by molar-refractivity contribution is 5.76. The van der Waals surface area contributed by atoms with Crippen LogP contribution in [0.5, 0.6) is 17.2 Å². The number of carbonyl (C=O) groups excluding carboxylic acids is 1. The van der Waals surface area contributed by atoms with E-state index in [1.54, 1.807) is 25.3 Å². The molecule has 0 saturated heterocycles. The Hall–Kier alpha value is -2.49. The lowest BCUT2D eigenvalue weighted by molar-refractivity contribution is 0.112. The molecule has 22 heavy (non-hydrogen) atoms. The van der Waals surface area contributed by atoms with Crippen molar-refractivity contribution in [3.8, 4) is 17.2 Å². The molecule has 0 spiro atoms. The average Bonchev–Trinajstić information content (AvgIpc) is 2.53. The van der Waals surface area contributed by atoms with Crippen LogP contribution in [-0.4, -0.2) is 26.6 Å². The first-order valence-corrected chi connectivity index (χ1v) is 7.10. The first-order chi connectivity index (χ1) is 10.6. The standard InChI is InChI=1S/C18H20O4/c1-13-4-6-16(14(2)10-13)21-8-9-22-17-7-5-15(12-19)11-18(17)20-3/h4-7,10-12H,8-9H2,1-3H3. The third kappa shape index (κ3) is 4.01. The molecule has 0 saturated carbocycles. The van der Waals surface area contributed by atoms with Crippen molar-refractivity contribution in [1.82, 2.24) is 0 Å². The van der Waals surface area contributed by atoms with Crippen molar-refractivity contribution >= 4 is 6.29 Å². The number of hydrogen-bond acceptors (Lipinski definition) is 4. The van der Waals surface area contributed by atoms with Crippen molar-refractivity contribution in [3.63, 3.8) is 0 Å². The van der Waals surface area contributed by atoms with Crippen molar-refractivity contribution in [2.75, 3.05) is 20.3 Å². The Balaban J connectivity index is 1.90. The van der Waals surface area contributed by atoms with Gasteiger partial charge in [0.2, 0.25) is 0 Å². The molecule has 0 aromatic heterocycles. The highest BCUT2D eigenvalue weighted by Crippen LogP contribution is 2.27. The lowest BCUT2D eigenvalue weighted by Crippen LogP contribution is -2.10. The maximum Gasteiger partial charge on any atom is 0.161 e. The Labute approximate surface area is 130 Å². The SMILES string of the molecule is COc1cc(C=O)ccc1OCCOc1ccc(C)cc1C. The molecule has 4 nitrogen and oxygen atoms in total. The molecule has 0 aliphatic carbocycles. The van der Waals surface area contributed by atoms with Crippen LogP contribution in [0.1, 0.15) is 21.5 Å². The van der Waals surface area contributed by atoms with E-state index >= 15 is 0 Å². The molecule has 116 valence electrons. The van der Waals surface area contributed by atoms with Gasteiger partial charge in [-0.2, -0.15) is 0 Å². The molecule has 2 aromatic carbocycles. The van der Waals surface area contributed by atoms with Gasteiger partial charge in [-0.15, -0.1) is 0 Å². The Bertz CT molecular complexity index is 650. The van der Waals surface area contributed by atoms with Gasteiger partial charge in [-0.05, 0) is 43.7 Å². The van der Waals surface area contributed by atoms with Crippen LogP contribution in [0.3, 0.4) is 0 Å². The molecule has 2 aromatic rings. The summed E-state index contributed by atoms with van der Waals surface area (Å²) in [6.45, 7) is 4.89. The summed E-state index contributed by atoms with van der Waals surface area (Å²) >= 11 is 0. The fourth-order valence-electron chi connectivity index (χ4n) is 2.14. The summed E-state index contributed by atoms with van der Waals surface area (Å²) in [6, 6.07) is 11.1. The fourth-order valence-corrected chi connectivity index (χ4v) is 2.14. The normalized spacial score (nSPS) is 10.1. The molecular formula is C18H20O4. The highest BCUT2D eigenvalue weighted by Gasteiger charge is 2.06. The zero-order valence-electron chi connectivity index (χ0n) is 13.1. The van der Waals surface area contributed by atoms with E-state index in [1.165, 1.54) is 5.56 Å². The third-order valence-electron chi connectivity index (χ3n) is 3.25. The second kappa shape index (κ2) is 7.50. The Morgan fingerprint density at radius 3 is 2.23 bits per heavy atom. The number of aldehydes is 1. The molecular weight excluding hydrogens is 280 g/mol. The largest absolute Gasteiger partial charge is 0.493 e. The zero-order chi connectivity index (χ0) is 15.9. The molecule has 0 unspecified atom stereocenters. The van der Waals surface area contributed by atoms with Crippen molar-refractivity contribution in [1.29, 1.82) is 0 Å². The number of methoxy groups -OCH3 is 1. The third-order valence-corrected chi connectivity index (χ3v) is 3.25. The molecule has 0 aliphatic heterocycles. The first kappa shape index (κ1) is 15.9. The number of hydrogen-bond donors (Lipinski definition) is 0. The molecule has 0 aliphatic rings. The van der Waals surface area contributed by atoms with Gasteiger partial charge < -0.3 is 14.2 Å². The van der Waals surface area contributed by atoms with E-state index in [4.69, 9.17) is 14.2 Å². The van der Waals surface area contributed by atoms with Gasteiger partial charge in [0.15, 0.2) is 11.5 Å². The van der Waals surface area contributed by atoms with Crippen LogP contribution in [0.4, 0.5) is 0 Å². The van der Waals surface area contributed by atoms with Gasteiger partial charge >= 0.3 is 0 Å². The average molecular weight is 300 g/mol. The molecule has 0 amide bonds. The monoisotopic (exact) mass is 300 g/mol. The summed E-state index contributed by atoms with van der Waals surface area (Å²) in [7, 11) is 1.54. The van der Waals surface area contributed by atoms with Gasteiger partial charge in [-0.3, -0.25) is 4.79 Å². The Kier molecular flexibility index (Phi) is 5.42. The number of ether oxygens (including phenoxy) is 3. The van der Waals surface area contributed by atoms with Crippen LogP contribution in [0.15, 0.2) is 36.4 Å². The second-order valence-electron chi connectivity index (χ2n) is 4.99. The van der Waals surface area contributed by atoms with Crippen LogP contribution in [0.25, 0.3) is 0 Å². The van der Waals surface area contributed by atoms with Gasteiger partial charge in [-0.1, -0.05) is 17.7 Å². The highest BCUT2D eigenvalue weighted by atomic mass is 16.5. The summed E-state index contributed by atoms with van der Waals surface area (Å²) in [6.07, 6.45) is 0.773. The summed E-state index contributed by atoms with van der Waals surface area (Å²) in [5.41, 5.74) is 2.87. The minimum Gasteiger partial charge on any atom is -0.493 e. The number of rotatable bonds is 7. The Morgan fingerprint density at radius 2 is 1.59 bits per heavy atom. The van der Waals surface area contributed by atoms with Gasteiger partial charge in [-0.25, -0.2) is 0 Å². The topological polar surface area (TPSA) is 44.8 Å². The summed E-state index contributed by atoms with van der Waals surface area (Å²) < 4.78 is 16.6. The predicted molar refractivity (Wildman–Crippen MR) is 85.3 cm³/mol. The van der Waals surface area contributed by atoms with Crippen LogP contribution < -0.4 is 14.2 Å². The number of benzene rings is 2. The molecule has 0 radical (unpaired) electrons. The summed E-state index contributed by atoms with van der Waals surface area (Å²) in [5, 5.41) is 0. The van der Waals surface area contributed by atoms with Gasteiger partial charge in [0.05, 0.1) is 7.11 Å². The van der Waals surface area contributed by atoms with Crippen LogP contribution in [0.2, 0.25) is 0 Å². The molecule has 0 heterocycles. The fraction of sp³-hybridized carbons (Fsp3) is 0.278. The Morgan fingerprint density at radius 1 is 0.909 bits per heavy atom. The maximum absolute atomic E-state index is 10.7. The van der Waals surface area contributed by atoms with E-state index in [0.29, 0.717) is 30.3 Å². The first-order valence-electron chi connectivity index (χ1n) is 7.10. The quantitative estimate of drug-likeness (QED) is 0.579.